The molecule has 0 aliphatic carbocycles. The highest BCUT2D eigenvalue weighted by Crippen LogP contribution is 2.24. The first-order valence-electron chi connectivity index (χ1n) is 6.59. The lowest BCUT2D eigenvalue weighted by Gasteiger charge is -2.13. The SMILES string of the molecule is CCn1c(CC(O)CCC(F)(F)F)nc2ccccc21. The van der Waals surface area contributed by atoms with Gasteiger partial charge in [0, 0.05) is 19.4 Å². The van der Waals surface area contributed by atoms with Crippen molar-refractivity contribution in [3.05, 3.63) is 30.1 Å². The smallest absolute Gasteiger partial charge is 0.389 e. The topological polar surface area (TPSA) is 38.0 Å². The number of aliphatic hydroxyl groups is 1. The van der Waals surface area contributed by atoms with Crippen LogP contribution in [0.25, 0.3) is 11.0 Å². The van der Waals surface area contributed by atoms with E-state index in [1.54, 1.807) is 0 Å². The van der Waals surface area contributed by atoms with Crippen LogP contribution in [0.15, 0.2) is 24.3 Å². The van der Waals surface area contributed by atoms with Crippen LogP contribution in [0.5, 0.6) is 0 Å². The first-order chi connectivity index (χ1) is 9.40. The summed E-state index contributed by atoms with van der Waals surface area (Å²) in [5, 5.41) is 9.76. The van der Waals surface area contributed by atoms with Crippen molar-refractivity contribution in [1.82, 2.24) is 9.55 Å². The van der Waals surface area contributed by atoms with Gasteiger partial charge in [0.15, 0.2) is 0 Å². The fourth-order valence-electron chi connectivity index (χ4n) is 2.28. The number of nitrogens with zero attached hydrogens (tertiary/aromatic N) is 2. The maximum absolute atomic E-state index is 12.1. The molecule has 3 nitrogen and oxygen atoms in total. The van der Waals surface area contributed by atoms with Crippen molar-refractivity contribution in [3.63, 3.8) is 0 Å². The summed E-state index contributed by atoms with van der Waals surface area (Å²) in [7, 11) is 0. The summed E-state index contributed by atoms with van der Waals surface area (Å²) in [5.41, 5.74) is 1.74. The summed E-state index contributed by atoms with van der Waals surface area (Å²) in [5.74, 6) is 0.628. The molecule has 0 saturated heterocycles. The summed E-state index contributed by atoms with van der Waals surface area (Å²) in [6.45, 7) is 2.61. The molecule has 0 spiro atoms. The minimum atomic E-state index is -4.23. The second kappa shape index (κ2) is 5.83. The molecule has 1 aromatic heterocycles. The predicted molar refractivity (Wildman–Crippen MR) is 70.4 cm³/mol. The first-order valence-corrected chi connectivity index (χ1v) is 6.59. The van der Waals surface area contributed by atoms with Crippen LogP contribution in [0.4, 0.5) is 13.2 Å². The number of halogens is 3. The van der Waals surface area contributed by atoms with Crippen molar-refractivity contribution in [2.24, 2.45) is 0 Å². The Labute approximate surface area is 115 Å². The molecule has 0 bridgehead atoms. The van der Waals surface area contributed by atoms with Crippen molar-refractivity contribution < 1.29 is 18.3 Å². The lowest BCUT2D eigenvalue weighted by atomic mass is 10.1. The highest BCUT2D eigenvalue weighted by Gasteiger charge is 2.28. The van der Waals surface area contributed by atoms with E-state index in [-0.39, 0.29) is 12.8 Å². The molecule has 110 valence electrons. The summed E-state index contributed by atoms with van der Waals surface area (Å²) in [6, 6.07) is 7.52. The van der Waals surface area contributed by atoms with Crippen LogP contribution in [0, 0.1) is 0 Å². The third-order valence-corrected chi connectivity index (χ3v) is 3.23. The van der Waals surface area contributed by atoms with E-state index in [9.17, 15) is 18.3 Å². The molecule has 1 N–H and O–H groups in total. The van der Waals surface area contributed by atoms with Gasteiger partial charge in [-0.1, -0.05) is 12.1 Å². The molecular weight excluding hydrogens is 269 g/mol. The molecule has 0 aliphatic heterocycles. The number of hydrogen-bond acceptors (Lipinski definition) is 2. The molecular formula is C14H17F3N2O. The van der Waals surface area contributed by atoms with Gasteiger partial charge in [0.25, 0.3) is 0 Å². The van der Waals surface area contributed by atoms with E-state index in [0.717, 1.165) is 11.0 Å². The molecule has 0 amide bonds. The van der Waals surface area contributed by atoms with Gasteiger partial charge in [0.1, 0.15) is 5.82 Å². The zero-order valence-corrected chi connectivity index (χ0v) is 11.2. The maximum Gasteiger partial charge on any atom is 0.389 e. The van der Waals surface area contributed by atoms with Gasteiger partial charge in [0.05, 0.1) is 17.1 Å². The molecule has 1 aromatic carbocycles. The molecule has 1 unspecified atom stereocenters. The average Bonchev–Trinajstić information content (AvgIpc) is 2.72. The fraction of sp³-hybridized carbons (Fsp3) is 0.500. The van der Waals surface area contributed by atoms with Crippen LogP contribution in [0.3, 0.4) is 0 Å². The average molecular weight is 286 g/mol. The molecule has 20 heavy (non-hydrogen) atoms. The lowest BCUT2D eigenvalue weighted by molar-refractivity contribution is -0.139. The number of aryl methyl sites for hydroxylation is 1. The normalized spacial score (nSPS) is 13.8. The van der Waals surface area contributed by atoms with Crippen LogP contribution in [-0.4, -0.2) is 26.9 Å². The monoisotopic (exact) mass is 286 g/mol. The summed E-state index contributed by atoms with van der Waals surface area (Å²) < 4.78 is 38.3. The van der Waals surface area contributed by atoms with Gasteiger partial charge in [-0.3, -0.25) is 0 Å². The van der Waals surface area contributed by atoms with Gasteiger partial charge in [-0.2, -0.15) is 13.2 Å². The Bertz CT molecular complexity index is 577. The molecule has 0 fully saturated rings. The minimum Gasteiger partial charge on any atom is -0.393 e. The Kier molecular flexibility index (Phi) is 4.32. The number of aromatic nitrogens is 2. The number of para-hydroxylation sites is 2. The van der Waals surface area contributed by atoms with Gasteiger partial charge in [-0.05, 0) is 25.5 Å². The van der Waals surface area contributed by atoms with Crippen molar-refractivity contribution in [2.45, 2.75) is 45.0 Å². The Balaban J connectivity index is 2.13. The Morgan fingerprint density at radius 2 is 2.00 bits per heavy atom. The standard InChI is InChI=1S/C14H17F3N2O/c1-2-19-12-6-4-3-5-11(12)18-13(19)9-10(20)7-8-14(15,16)17/h3-6,10,20H,2,7-9H2,1H3. The molecule has 1 heterocycles. The minimum absolute atomic E-state index is 0.137. The number of alkyl halides is 3. The van der Waals surface area contributed by atoms with Crippen LogP contribution in [0.1, 0.15) is 25.6 Å². The van der Waals surface area contributed by atoms with Gasteiger partial charge in [-0.15, -0.1) is 0 Å². The van der Waals surface area contributed by atoms with Crippen molar-refractivity contribution >= 4 is 11.0 Å². The van der Waals surface area contributed by atoms with E-state index in [2.05, 4.69) is 4.98 Å². The molecule has 2 aromatic rings. The largest absolute Gasteiger partial charge is 0.393 e. The van der Waals surface area contributed by atoms with Crippen molar-refractivity contribution in [1.29, 1.82) is 0 Å². The molecule has 0 radical (unpaired) electrons. The van der Waals surface area contributed by atoms with Gasteiger partial charge < -0.3 is 9.67 Å². The number of fused-ring (bicyclic) bond motifs is 1. The molecule has 2 rings (SSSR count). The summed E-state index contributed by atoms with van der Waals surface area (Å²) in [4.78, 5) is 4.39. The second-order valence-electron chi connectivity index (χ2n) is 4.77. The number of hydrogen-bond donors (Lipinski definition) is 1. The second-order valence-corrected chi connectivity index (χ2v) is 4.77. The van der Waals surface area contributed by atoms with Crippen LogP contribution >= 0.6 is 0 Å². The van der Waals surface area contributed by atoms with Gasteiger partial charge >= 0.3 is 6.18 Å². The van der Waals surface area contributed by atoms with E-state index in [1.807, 2.05) is 35.8 Å². The summed E-state index contributed by atoms with van der Waals surface area (Å²) in [6.07, 6.45) is -6.39. The number of benzene rings is 1. The van der Waals surface area contributed by atoms with Crippen molar-refractivity contribution in [2.75, 3.05) is 0 Å². The highest BCUT2D eigenvalue weighted by atomic mass is 19.4. The molecule has 0 aliphatic rings. The number of rotatable bonds is 5. The number of aliphatic hydroxyl groups excluding tert-OH is 1. The van der Waals surface area contributed by atoms with Crippen LogP contribution in [-0.2, 0) is 13.0 Å². The van der Waals surface area contributed by atoms with Crippen LogP contribution in [0.2, 0.25) is 0 Å². The lowest BCUT2D eigenvalue weighted by Crippen LogP contribution is -2.18. The zero-order chi connectivity index (χ0) is 14.8. The quantitative estimate of drug-likeness (QED) is 0.915. The van der Waals surface area contributed by atoms with E-state index in [4.69, 9.17) is 0 Å². The van der Waals surface area contributed by atoms with Crippen LogP contribution < -0.4 is 0 Å². The van der Waals surface area contributed by atoms with Gasteiger partial charge in [-0.25, -0.2) is 4.98 Å². The van der Waals surface area contributed by atoms with Gasteiger partial charge in [0.2, 0.25) is 0 Å². The Morgan fingerprint density at radius 1 is 1.30 bits per heavy atom. The first kappa shape index (κ1) is 14.8. The highest BCUT2D eigenvalue weighted by molar-refractivity contribution is 5.75. The fourth-order valence-corrected chi connectivity index (χ4v) is 2.28. The van der Waals surface area contributed by atoms with E-state index >= 15 is 0 Å². The number of imidazole rings is 1. The van der Waals surface area contributed by atoms with E-state index in [1.165, 1.54) is 0 Å². The Morgan fingerprint density at radius 3 is 2.65 bits per heavy atom. The zero-order valence-electron chi connectivity index (χ0n) is 11.2. The van der Waals surface area contributed by atoms with E-state index < -0.39 is 18.7 Å². The Hall–Kier alpha value is -1.56. The third-order valence-electron chi connectivity index (χ3n) is 3.23. The van der Waals surface area contributed by atoms with E-state index in [0.29, 0.717) is 12.4 Å². The third kappa shape index (κ3) is 3.50. The summed E-state index contributed by atoms with van der Waals surface area (Å²) >= 11 is 0. The maximum atomic E-state index is 12.1. The molecule has 0 saturated carbocycles. The molecule has 1 atom stereocenters. The van der Waals surface area contributed by atoms with Crippen molar-refractivity contribution in [3.8, 4) is 0 Å². The molecule has 6 heteroatoms. The predicted octanol–water partition coefficient (Wildman–Crippen LogP) is 3.30.